The largest absolute Gasteiger partial charge is 0.491 e. The Morgan fingerprint density at radius 2 is 0.975 bits per heavy atom. The Bertz CT molecular complexity index is 731. The van der Waals surface area contributed by atoms with Gasteiger partial charge in [-0.25, -0.2) is 4.79 Å². The molecule has 0 aromatic heterocycles. The molecular formula is C28H50N2O10. The zero-order chi connectivity index (χ0) is 29.3. The standard InChI is InChI=1S/C28H50N2O10/c1-28(2,3)40-27(31)30(4)9-10-32-11-12-33-13-14-34-15-16-35-17-18-36-19-20-37-21-22-38-23-24-39-26-7-5-25(29)6-8-26/h5-8H,9-24,29H2,1-4H3. The molecule has 12 heteroatoms. The van der Waals surface area contributed by atoms with Gasteiger partial charge in [-0.05, 0) is 45.0 Å². The summed E-state index contributed by atoms with van der Waals surface area (Å²) in [5.41, 5.74) is 5.83. The molecule has 0 saturated carbocycles. The van der Waals surface area contributed by atoms with Gasteiger partial charge in [-0.15, -0.1) is 0 Å². The van der Waals surface area contributed by atoms with E-state index in [1.54, 1.807) is 19.2 Å². The van der Waals surface area contributed by atoms with Gasteiger partial charge in [-0.3, -0.25) is 0 Å². The van der Waals surface area contributed by atoms with Crippen molar-refractivity contribution in [3.63, 3.8) is 0 Å². The van der Waals surface area contributed by atoms with E-state index in [2.05, 4.69) is 0 Å². The zero-order valence-corrected chi connectivity index (χ0v) is 24.7. The number of hydrogen-bond acceptors (Lipinski definition) is 11. The fourth-order valence-corrected chi connectivity index (χ4v) is 2.84. The first-order valence-electron chi connectivity index (χ1n) is 13.7. The van der Waals surface area contributed by atoms with Crippen LogP contribution in [0.5, 0.6) is 5.75 Å². The second-order valence-corrected chi connectivity index (χ2v) is 9.61. The first-order valence-corrected chi connectivity index (χ1v) is 13.7. The molecule has 0 unspecified atom stereocenters. The Labute approximate surface area is 239 Å². The van der Waals surface area contributed by atoms with E-state index in [4.69, 9.17) is 48.4 Å². The Balaban J connectivity index is 1.71. The van der Waals surface area contributed by atoms with E-state index in [-0.39, 0.29) is 6.09 Å². The molecule has 0 heterocycles. The molecule has 2 N–H and O–H groups in total. The average Bonchev–Trinajstić information content (AvgIpc) is 2.91. The molecule has 40 heavy (non-hydrogen) atoms. The molecule has 1 aromatic rings. The number of hydrogen-bond donors (Lipinski definition) is 1. The summed E-state index contributed by atoms with van der Waals surface area (Å²) in [4.78, 5) is 13.3. The predicted octanol–water partition coefficient (Wildman–Crippen LogP) is 2.63. The third kappa shape index (κ3) is 22.6. The monoisotopic (exact) mass is 574 g/mol. The second kappa shape index (κ2) is 23.5. The number of nitrogens with zero attached hydrogens (tertiary/aromatic N) is 1. The van der Waals surface area contributed by atoms with Crippen molar-refractivity contribution in [3.05, 3.63) is 24.3 Å². The van der Waals surface area contributed by atoms with Gasteiger partial charge in [0.2, 0.25) is 0 Å². The van der Waals surface area contributed by atoms with Gasteiger partial charge in [-0.1, -0.05) is 0 Å². The zero-order valence-electron chi connectivity index (χ0n) is 24.7. The van der Waals surface area contributed by atoms with Crippen LogP contribution < -0.4 is 10.5 Å². The lowest BCUT2D eigenvalue weighted by Gasteiger charge is -2.24. The number of anilines is 1. The summed E-state index contributed by atoms with van der Waals surface area (Å²) in [6.45, 7) is 13.2. The molecule has 0 saturated heterocycles. The van der Waals surface area contributed by atoms with Crippen LogP contribution in [0.15, 0.2) is 24.3 Å². The number of carbonyl (C=O) groups is 1. The molecular weight excluding hydrogens is 524 g/mol. The minimum Gasteiger partial charge on any atom is -0.491 e. The number of nitrogen functional groups attached to an aromatic ring is 1. The Kier molecular flexibility index (Phi) is 21.1. The normalized spacial score (nSPS) is 11.5. The fourth-order valence-electron chi connectivity index (χ4n) is 2.84. The summed E-state index contributed by atoms with van der Waals surface area (Å²) in [5.74, 6) is 0.769. The number of likely N-dealkylation sites (N-methyl/N-ethyl adjacent to an activating group) is 1. The van der Waals surface area contributed by atoms with Gasteiger partial charge in [0.15, 0.2) is 0 Å². The van der Waals surface area contributed by atoms with Gasteiger partial charge >= 0.3 is 6.09 Å². The van der Waals surface area contributed by atoms with Crippen molar-refractivity contribution in [3.8, 4) is 5.75 Å². The Morgan fingerprint density at radius 1 is 0.625 bits per heavy atom. The average molecular weight is 575 g/mol. The lowest BCUT2D eigenvalue weighted by Crippen LogP contribution is -2.36. The quantitative estimate of drug-likeness (QED) is 0.137. The molecule has 1 rings (SSSR count). The highest BCUT2D eigenvalue weighted by Gasteiger charge is 2.19. The molecule has 0 aliphatic carbocycles. The molecule has 0 radical (unpaired) electrons. The van der Waals surface area contributed by atoms with E-state index < -0.39 is 5.60 Å². The maximum Gasteiger partial charge on any atom is 0.410 e. The highest BCUT2D eigenvalue weighted by atomic mass is 16.6. The van der Waals surface area contributed by atoms with Crippen molar-refractivity contribution in [2.75, 3.05) is 118 Å². The van der Waals surface area contributed by atoms with Gasteiger partial charge in [0.05, 0.1) is 92.5 Å². The van der Waals surface area contributed by atoms with Crippen LogP contribution >= 0.6 is 0 Å². The van der Waals surface area contributed by atoms with E-state index in [9.17, 15) is 4.79 Å². The minimum absolute atomic E-state index is 0.363. The highest BCUT2D eigenvalue weighted by molar-refractivity contribution is 5.67. The predicted molar refractivity (Wildman–Crippen MR) is 151 cm³/mol. The van der Waals surface area contributed by atoms with E-state index in [1.165, 1.54) is 4.90 Å². The summed E-state index contributed by atoms with van der Waals surface area (Å²) in [6, 6.07) is 7.25. The SMILES string of the molecule is CN(CCOCCOCCOCCOCCOCCOCCOCCOc1ccc(N)cc1)C(=O)OC(C)(C)C. The van der Waals surface area contributed by atoms with Crippen molar-refractivity contribution in [2.45, 2.75) is 26.4 Å². The first kappa shape index (κ1) is 35.8. The molecule has 232 valence electrons. The van der Waals surface area contributed by atoms with Crippen LogP contribution in [0.1, 0.15) is 20.8 Å². The molecule has 12 nitrogen and oxygen atoms in total. The molecule has 0 spiro atoms. The van der Waals surface area contributed by atoms with E-state index >= 15 is 0 Å². The van der Waals surface area contributed by atoms with Gasteiger partial charge in [0.25, 0.3) is 0 Å². The molecule has 1 amide bonds. The maximum absolute atomic E-state index is 11.8. The smallest absolute Gasteiger partial charge is 0.410 e. The first-order chi connectivity index (χ1) is 19.3. The van der Waals surface area contributed by atoms with Crippen LogP contribution in [0.2, 0.25) is 0 Å². The van der Waals surface area contributed by atoms with Crippen LogP contribution in [-0.2, 0) is 37.9 Å². The van der Waals surface area contributed by atoms with Crippen molar-refractivity contribution < 1.29 is 47.4 Å². The highest BCUT2D eigenvalue weighted by Crippen LogP contribution is 2.12. The lowest BCUT2D eigenvalue weighted by molar-refractivity contribution is -0.0219. The summed E-state index contributed by atoms with van der Waals surface area (Å²) in [7, 11) is 1.68. The van der Waals surface area contributed by atoms with Crippen LogP contribution in [0.25, 0.3) is 0 Å². The number of amides is 1. The van der Waals surface area contributed by atoms with Crippen LogP contribution in [0.4, 0.5) is 10.5 Å². The number of rotatable bonds is 25. The summed E-state index contributed by atoms with van der Waals surface area (Å²) >= 11 is 0. The molecule has 0 aliphatic heterocycles. The van der Waals surface area contributed by atoms with Crippen LogP contribution in [0, 0.1) is 0 Å². The molecule has 0 aliphatic rings. The Hall–Kier alpha value is -2.19. The molecule has 0 atom stereocenters. The molecule has 1 aromatic carbocycles. The summed E-state index contributed by atoms with van der Waals surface area (Å²) < 4.78 is 49.0. The Morgan fingerprint density at radius 3 is 1.35 bits per heavy atom. The molecule has 0 fully saturated rings. The van der Waals surface area contributed by atoms with Crippen LogP contribution in [-0.4, -0.2) is 129 Å². The van der Waals surface area contributed by atoms with Crippen molar-refractivity contribution in [1.29, 1.82) is 0 Å². The second-order valence-electron chi connectivity index (χ2n) is 9.61. The minimum atomic E-state index is -0.507. The third-order valence-corrected chi connectivity index (χ3v) is 4.88. The van der Waals surface area contributed by atoms with Crippen molar-refractivity contribution in [2.24, 2.45) is 0 Å². The topological polar surface area (TPSA) is 129 Å². The maximum atomic E-state index is 11.8. The summed E-state index contributed by atoms with van der Waals surface area (Å²) in [6.07, 6.45) is -0.363. The van der Waals surface area contributed by atoms with Crippen molar-refractivity contribution >= 4 is 11.8 Å². The number of carbonyl (C=O) groups excluding carboxylic acids is 1. The third-order valence-electron chi connectivity index (χ3n) is 4.88. The van der Waals surface area contributed by atoms with E-state index in [0.717, 1.165) is 5.75 Å². The van der Waals surface area contributed by atoms with Gasteiger partial charge < -0.3 is 53.3 Å². The van der Waals surface area contributed by atoms with Gasteiger partial charge in [0, 0.05) is 19.3 Å². The fraction of sp³-hybridized carbons (Fsp3) is 0.750. The number of nitrogens with two attached hydrogens (primary N) is 1. The van der Waals surface area contributed by atoms with E-state index in [0.29, 0.717) is 111 Å². The van der Waals surface area contributed by atoms with Crippen LogP contribution in [0.3, 0.4) is 0 Å². The number of ether oxygens (including phenoxy) is 9. The van der Waals surface area contributed by atoms with Gasteiger partial charge in [0.1, 0.15) is 18.0 Å². The number of benzene rings is 1. The molecule has 0 bridgehead atoms. The summed E-state index contributed by atoms with van der Waals surface area (Å²) in [5, 5.41) is 0. The van der Waals surface area contributed by atoms with Crippen molar-refractivity contribution in [1.82, 2.24) is 4.90 Å². The van der Waals surface area contributed by atoms with E-state index in [1.807, 2.05) is 32.9 Å². The lowest BCUT2D eigenvalue weighted by atomic mass is 10.2. The van der Waals surface area contributed by atoms with Gasteiger partial charge in [-0.2, -0.15) is 0 Å².